The van der Waals surface area contributed by atoms with Crippen LogP contribution in [0.2, 0.25) is 0 Å². The molecule has 6 nitrogen and oxygen atoms in total. The molecule has 0 bridgehead atoms. The Morgan fingerprint density at radius 3 is 1.05 bits per heavy atom. The van der Waals surface area contributed by atoms with Crippen LogP contribution in [0.4, 0.5) is 111 Å². The zero-order valence-corrected chi connectivity index (χ0v) is 42.0. The average molecular weight is 1250 g/mol. The van der Waals surface area contributed by atoms with Gasteiger partial charge < -0.3 is 4.74 Å². The molecule has 0 aliphatic rings. The molecule has 0 amide bonds. The number of fused-ring (bicyclic) bond motifs is 1. The summed E-state index contributed by atoms with van der Waals surface area (Å²) in [5.41, 5.74) is -28.0. The Morgan fingerprint density at radius 1 is 0.395 bits per heavy atom. The lowest BCUT2D eigenvalue weighted by Crippen LogP contribution is -2.75. The third-order valence-electron chi connectivity index (χ3n) is 13.0. The van der Waals surface area contributed by atoms with E-state index in [0.717, 1.165) is 16.5 Å². The third kappa shape index (κ3) is 14.5. The first-order valence-corrected chi connectivity index (χ1v) is 23.7. The fourth-order valence-electron chi connectivity index (χ4n) is 9.27. The summed E-state index contributed by atoms with van der Waals surface area (Å²) < 4.78 is 348. The number of benzene rings is 7. The third-order valence-corrected chi connectivity index (χ3v) is 13.0. The minimum atomic E-state index is -6.13. The molecule has 1 heterocycles. The Hall–Kier alpha value is -8.80. The van der Waals surface area contributed by atoms with Crippen molar-refractivity contribution in [3.63, 3.8) is 0 Å². The number of hydrogen-bond acceptors (Lipinski definition) is 4. The van der Waals surface area contributed by atoms with E-state index in [-0.39, 0.29) is 11.4 Å². The van der Waals surface area contributed by atoms with Gasteiger partial charge in [-0.15, -0.1) is 0 Å². The lowest BCUT2D eigenvalue weighted by Gasteiger charge is -2.46. The molecule has 0 radical (unpaired) electrons. The lowest BCUT2D eigenvalue weighted by molar-refractivity contribution is -0.664. The van der Waals surface area contributed by atoms with Crippen molar-refractivity contribution in [3.05, 3.63) is 230 Å². The lowest BCUT2D eigenvalue weighted by atomic mass is 9.12. The first-order chi connectivity index (χ1) is 39.4. The number of carbonyl (C=O) groups is 1. The minimum Gasteiger partial charge on any atom is -0.418 e. The van der Waals surface area contributed by atoms with Gasteiger partial charge in [-0.3, -0.25) is 10.1 Å². The first-order valence-electron chi connectivity index (χ1n) is 23.7. The van der Waals surface area contributed by atoms with Gasteiger partial charge in [0, 0.05) is 29.1 Å². The van der Waals surface area contributed by atoms with Gasteiger partial charge in [-0.25, -0.2) is 4.79 Å². The molecule has 0 unspecified atom stereocenters. The van der Waals surface area contributed by atoms with Crippen LogP contribution in [0.25, 0.3) is 10.9 Å². The summed E-state index contributed by atoms with van der Waals surface area (Å²) in [5, 5.41) is 12.0. The van der Waals surface area contributed by atoms with Crippen LogP contribution in [0, 0.1) is 10.1 Å². The number of carbonyl (C=O) groups excluding carboxylic acids is 1. The van der Waals surface area contributed by atoms with Crippen LogP contribution in [0.3, 0.4) is 0 Å². The van der Waals surface area contributed by atoms with E-state index in [1.54, 1.807) is 6.07 Å². The molecule has 8 rings (SSSR count). The maximum Gasteiger partial charge on any atom is 0.416 e. The van der Waals surface area contributed by atoms with Gasteiger partial charge in [0.2, 0.25) is 5.52 Å². The SMILES string of the molecule is FC(F)(F)c1cc([B-](c2cc(C(F)(F)F)cc(C(F)(F)F)c2)(c2cc(C(F)(F)F)cc(C(F)(F)F)c2)c2cc(C(F)(F)F)cc(C(F)(F)F)c2)cc(C(F)(F)F)c1.O=C(Oc1cccc([N+](=O)[O-])c1)c1ccc2ccccc2[n+]1Cc1ccccc1. The second kappa shape index (κ2) is 22.9. The van der Waals surface area contributed by atoms with Gasteiger partial charge in [-0.1, -0.05) is 97.1 Å². The summed E-state index contributed by atoms with van der Waals surface area (Å²) in [6, 6.07) is 18.0. The predicted octanol–water partition coefficient (Wildman–Crippen LogP) is 15.5. The Bertz CT molecular complexity index is 3410. The van der Waals surface area contributed by atoms with E-state index >= 15 is 0 Å². The number of non-ortho nitro benzene ring substituents is 1. The second-order valence-corrected chi connectivity index (χ2v) is 18.7. The van der Waals surface area contributed by atoms with Crippen molar-refractivity contribution in [3.8, 4) is 5.75 Å². The minimum absolute atomic E-state index is 0.128. The summed E-state index contributed by atoms with van der Waals surface area (Å²) in [7, 11) is 0. The zero-order chi connectivity index (χ0) is 64.1. The maximum absolute atomic E-state index is 14.2. The van der Waals surface area contributed by atoms with E-state index in [1.807, 2.05) is 65.2 Å². The van der Waals surface area contributed by atoms with Crippen LogP contribution in [-0.4, -0.2) is 17.0 Å². The number of nitrogens with zero attached hydrogens (tertiary/aromatic N) is 2. The zero-order valence-electron chi connectivity index (χ0n) is 42.0. The van der Waals surface area contributed by atoms with E-state index in [0.29, 0.717) is 12.2 Å². The highest BCUT2D eigenvalue weighted by molar-refractivity contribution is 7.20. The van der Waals surface area contributed by atoms with Crippen LogP contribution >= 0.6 is 0 Å². The number of ether oxygens (including phenoxy) is 1. The van der Waals surface area contributed by atoms with Crippen molar-refractivity contribution in [2.24, 2.45) is 0 Å². The maximum atomic E-state index is 14.2. The van der Waals surface area contributed by atoms with Crippen molar-refractivity contribution in [2.45, 2.75) is 56.0 Å². The molecule has 31 heteroatoms. The number of alkyl halides is 24. The number of para-hydroxylation sites is 1. The highest BCUT2D eigenvalue weighted by Gasteiger charge is 2.47. The van der Waals surface area contributed by atoms with Crippen molar-refractivity contribution in [1.29, 1.82) is 0 Å². The normalized spacial score (nSPS) is 13.1. The largest absolute Gasteiger partial charge is 0.418 e. The van der Waals surface area contributed by atoms with E-state index in [2.05, 4.69) is 0 Å². The monoisotopic (exact) mass is 1250 g/mol. The number of halogens is 24. The van der Waals surface area contributed by atoms with Crippen molar-refractivity contribution >= 4 is 50.6 Å². The van der Waals surface area contributed by atoms with Crippen molar-refractivity contribution in [2.75, 3.05) is 0 Å². The molecule has 0 aliphatic heterocycles. The van der Waals surface area contributed by atoms with E-state index in [1.165, 1.54) is 24.3 Å². The van der Waals surface area contributed by atoms with Crippen LogP contribution < -0.4 is 31.2 Å². The van der Waals surface area contributed by atoms with E-state index in [4.69, 9.17) is 4.74 Å². The van der Waals surface area contributed by atoms with Crippen molar-refractivity contribution < 1.29 is 124 Å². The van der Waals surface area contributed by atoms with Gasteiger partial charge in [0.05, 0.1) is 55.5 Å². The summed E-state index contributed by atoms with van der Waals surface area (Å²) in [5.74, 6) is -0.448. The predicted molar refractivity (Wildman–Crippen MR) is 258 cm³/mol. The molecule has 0 saturated heterocycles. The van der Waals surface area contributed by atoms with Gasteiger partial charge in [0.25, 0.3) is 11.4 Å². The Balaban J connectivity index is 0.000000302. The number of rotatable bonds is 9. The van der Waals surface area contributed by atoms with Gasteiger partial charge in [-0.05, 0) is 42.5 Å². The molecule has 0 aliphatic carbocycles. The average Bonchev–Trinajstić information content (AvgIpc) is 0.732. The molecule has 8 aromatic rings. The number of nitro benzene ring substituents is 1. The Labute approximate surface area is 465 Å². The highest BCUT2D eigenvalue weighted by atomic mass is 19.4. The summed E-state index contributed by atoms with van der Waals surface area (Å²) in [6.45, 7) is 0.488. The van der Waals surface area contributed by atoms with E-state index in [9.17, 15) is 120 Å². The second-order valence-electron chi connectivity index (χ2n) is 18.7. The molecular weight excluding hydrogens is 1220 g/mol. The molecular formula is C55H29BF24N2O4. The summed E-state index contributed by atoms with van der Waals surface area (Å²) in [4.78, 5) is 23.4. The smallest absolute Gasteiger partial charge is 0.416 e. The molecule has 0 saturated carbocycles. The molecule has 86 heavy (non-hydrogen) atoms. The molecule has 0 fully saturated rings. The van der Waals surface area contributed by atoms with E-state index < -0.39 is 206 Å². The number of hydrogen-bond donors (Lipinski definition) is 0. The molecule has 1 aromatic heterocycles. The molecule has 454 valence electrons. The quantitative estimate of drug-likeness (QED) is 0.0275. The number of aromatic nitrogens is 1. The highest BCUT2D eigenvalue weighted by Crippen LogP contribution is 2.42. The van der Waals surface area contributed by atoms with Gasteiger partial charge >= 0.3 is 55.4 Å². The Kier molecular flexibility index (Phi) is 17.2. The molecule has 0 atom stereocenters. The van der Waals surface area contributed by atoms with Crippen LogP contribution in [0.15, 0.2) is 164 Å². The van der Waals surface area contributed by atoms with Gasteiger partial charge in [0.15, 0.2) is 6.54 Å². The molecule has 0 spiro atoms. The van der Waals surface area contributed by atoms with Crippen LogP contribution in [-0.2, 0) is 56.0 Å². The fraction of sp³-hybridized carbons (Fsp3) is 0.164. The molecule has 0 N–H and O–H groups in total. The van der Waals surface area contributed by atoms with Crippen LogP contribution in [0.5, 0.6) is 5.75 Å². The molecule has 7 aromatic carbocycles. The first kappa shape index (κ1) is 64.8. The number of pyridine rings is 1. The fourth-order valence-corrected chi connectivity index (χ4v) is 9.27. The van der Waals surface area contributed by atoms with Crippen molar-refractivity contribution in [1.82, 2.24) is 0 Å². The van der Waals surface area contributed by atoms with Gasteiger partial charge in [-0.2, -0.15) is 132 Å². The summed E-state index contributed by atoms with van der Waals surface area (Å²) >= 11 is 0. The standard InChI is InChI=1S/C32H12BF24.C23H17N2O4/c34-25(35,36)13-1-14(26(37,38)39)6-21(5-13)33(22-7-15(27(40,41)42)2-16(8-22)28(43,44)45,23-9-17(29(46,47)48)3-18(10-23)30(49,50)51)24-11-19(31(52,53)54)4-20(12-24)32(55,56)57;26-23(29-20-11-6-10-19(15-20)25(27)28)22-14-13-18-9-4-5-12-21(18)24(22)16-17-7-2-1-3-8-17/h1-12H;1-15H,16H2/q-1;+1. The number of esters is 1. The van der Waals surface area contributed by atoms with Crippen LogP contribution in [0.1, 0.15) is 60.6 Å². The Morgan fingerprint density at radius 2 is 0.721 bits per heavy atom. The van der Waals surface area contributed by atoms with Gasteiger partial charge in [0.1, 0.15) is 11.9 Å². The number of nitro groups is 1. The topological polar surface area (TPSA) is 73.3 Å². The summed E-state index contributed by atoms with van der Waals surface area (Å²) in [6.07, 6.45) is -54.8.